The smallest absolute Gasteiger partial charge is 0.245 e. The number of fused-ring (bicyclic) bond motifs is 4. The van der Waals surface area contributed by atoms with Gasteiger partial charge in [0.2, 0.25) is 11.8 Å². The zero-order valence-electron chi connectivity index (χ0n) is 16.3. The molecule has 3 heterocycles. The Morgan fingerprint density at radius 3 is 2.72 bits per heavy atom. The quantitative estimate of drug-likeness (QED) is 0.656. The average Bonchev–Trinajstić information content (AvgIpc) is 3.09. The molecule has 0 radical (unpaired) electrons. The fourth-order valence-electron chi connectivity index (χ4n) is 4.68. The molecule has 7 heteroatoms. The Hall–Kier alpha value is -3.48. The van der Waals surface area contributed by atoms with E-state index in [0.29, 0.717) is 17.9 Å². The second-order valence-electron chi connectivity index (χ2n) is 7.68. The number of aromatic nitrogens is 1. The maximum absolute atomic E-state index is 13.1. The van der Waals surface area contributed by atoms with Gasteiger partial charge in [0.1, 0.15) is 11.8 Å². The van der Waals surface area contributed by atoms with E-state index in [9.17, 15) is 9.59 Å². The van der Waals surface area contributed by atoms with Gasteiger partial charge in [0.25, 0.3) is 0 Å². The van der Waals surface area contributed by atoms with Crippen LogP contribution < -0.4 is 10.5 Å². The molecule has 2 amide bonds. The lowest BCUT2D eigenvalue weighted by Crippen LogP contribution is -2.62. The van der Waals surface area contributed by atoms with Crippen LogP contribution in [0.3, 0.4) is 0 Å². The number of para-hydroxylation sites is 1. The minimum Gasteiger partial charge on any atom is -0.495 e. The van der Waals surface area contributed by atoms with Gasteiger partial charge in [-0.05, 0) is 29.3 Å². The summed E-state index contributed by atoms with van der Waals surface area (Å²) in [6.07, 6.45) is 0.496. The number of nitrogen functional groups attached to an aromatic ring is 1. The van der Waals surface area contributed by atoms with Crippen molar-refractivity contribution in [3.05, 3.63) is 59.3 Å². The highest BCUT2D eigenvalue weighted by Gasteiger charge is 2.47. The lowest BCUT2D eigenvalue weighted by molar-refractivity contribution is -0.157. The normalized spacial score (nSPS) is 21.3. The number of anilines is 1. The van der Waals surface area contributed by atoms with Gasteiger partial charge >= 0.3 is 0 Å². The molecule has 0 bridgehead atoms. The number of carbonyl (C=O) groups is 2. The third kappa shape index (κ3) is 2.50. The number of nitrogens with one attached hydrogen (secondary N) is 1. The Morgan fingerprint density at radius 1 is 1.17 bits per heavy atom. The molecule has 1 aromatic heterocycles. The first kappa shape index (κ1) is 17.6. The lowest BCUT2D eigenvalue weighted by Gasteiger charge is -2.46. The Morgan fingerprint density at radius 2 is 1.97 bits per heavy atom. The lowest BCUT2D eigenvalue weighted by atomic mass is 9.86. The minimum absolute atomic E-state index is 0.0352. The highest BCUT2D eigenvalue weighted by Crippen LogP contribution is 2.43. The van der Waals surface area contributed by atoms with Crippen LogP contribution in [0.1, 0.15) is 22.9 Å². The van der Waals surface area contributed by atoms with Crippen LogP contribution in [0.5, 0.6) is 5.75 Å². The summed E-state index contributed by atoms with van der Waals surface area (Å²) < 4.78 is 5.29. The van der Waals surface area contributed by atoms with Crippen LogP contribution >= 0.6 is 0 Å². The molecule has 2 aliphatic heterocycles. The van der Waals surface area contributed by atoms with Crippen molar-refractivity contribution in [3.8, 4) is 5.75 Å². The van der Waals surface area contributed by atoms with E-state index in [2.05, 4.69) is 11.1 Å². The van der Waals surface area contributed by atoms with Gasteiger partial charge in [-0.25, -0.2) is 0 Å². The van der Waals surface area contributed by atoms with Crippen LogP contribution in [-0.4, -0.2) is 53.3 Å². The predicted molar refractivity (Wildman–Crippen MR) is 110 cm³/mol. The van der Waals surface area contributed by atoms with Crippen molar-refractivity contribution in [3.63, 3.8) is 0 Å². The number of hydrogen-bond donors (Lipinski definition) is 2. The third-order valence-corrected chi connectivity index (χ3v) is 6.02. The van der Waals surface area contributed by atoms with E-state index in [-0.39, 0.29) is 18.4 Å². The molecule has 3 N–H and O–H groups in total. The zero-order valence-corrected chi connectivity index (χ0v) is 16.3. The number of aromatic amines is 1. The van der Waals surface area contributed by atoms with Crippen LogP contribution in [0, 0.1) is 0 Å². The third-order valence-electron chi connectivity index (χ3n) is 6.02. The predicted octanol–water partition coefficient (Wildman–Crippen LogP) is 2.07. The first-order chi connectivity index (χ1) is 14.0. The molecule has 0 aliphatic carbocycles. The minimum atomic E-state index is -0.527. The largest absolute Gasteiger partial charge is 0.495 e. The molecule has 5 rings (SSSR count). The molecular weight excluding hydrogens is 368 g/mol. The maximum atomic E-state index is 13.1. The van der Waals surface area contributed by atoms with E-state index >= 15 is 0 Å². The van der Waals surface area contributed by atoms with Gasteiger partial charge in [-0.2, -0.15) is 0 Å². The van der Waals surface area contributed by atoms with Crippen LogP contribution in [0.25, 0.3) is 10.9 Å². The molecule has 0 unspecified atom stereocenters. The maximum Gasteiger partial charge on any atom is 0.245 e. The van der Waals surface area contributed by atoms with E-state index in [4.69, 9.17) is 10.5 Å². The summed E-state index contributed by atoms with van der Waals surface area (Å²) in [7, 11) is 3.25. The van der Waals surface area contributed by atoms with E-state index in [1.165, 1.54) is 4.90 Å². The second-order valence-corrected chi connectivity index (χ2v) is 7.68. The molecule has 1 saturated heterocycles. The molecule has 2 aromatic carbocycles. The summed E-state index contributed by atoms with van der Waals surface area (Å²) in [5, 5.41) is 1.09. The van der Waals surface area contributed by atoms with Crippen LogP contribution in [-0.2, 0) is 16.0 Å². The topological polar surface area (TPSA) is 91.7 Å². The summed E-state index contributed by atoms with van der Waals surface area (Å²) in [6, 6.07) is 12.6. The number of carbonyl (C=O) groups excluding carboxylic acids is 2. The molecule has 1 fully saturated rings. The van der Waals surface area contributed by atoms with Crippen LogP contribution in [0.4, 0.5) is 5.69 Å². The van der Waals surface area contributed by atoms with Gasteiger partial charge in [-0.15, -0.1) is 0 Å². The number of ether oxygens (including phenoxy) is 1. The summed E-state index contributed by atoms with van der Waals surface area (Å²) in [5.41, 5.74) is 10.5. The Kier molecular flexibility index (Phi) is 3.81. The van der Waals surface area contributed by atoms with Crippen molar-refractivity contribution in [1.29, 1.82) is 0 Å². The van der Waals surface area contributed by atoms with Gasteiger partial charge in [0, 0.05) is 30.1 Å². The van der Waals surface area contributed by atoms with E-state index < -0.39 is 12.1 Å². The monoisotopic (exact) mass is 390 g/mol. The molecule has 2 atom stereocenters. The fraction of sp³-hybridized carbons (Fsp3) is 0.273. The first-order valence-corrected chi connectivity index (χ1v) is 9.58. The first-order valence-electron chi connectivity index (χ1n) is 9.58. The average molecular weight is 390 g/mol. The molecule has 7 nitrogen and oxygen atoms in total. The fourth-order valence-corrected chi connectivity index (χ4v) is 4.68. The number of rotatable bonds is 2. The summed E-state index contributed by atoms with van der Waals surface area (Å²) >= 11 is 0. The van der Waals surface area contributed by atoms with E-state index in [1.54, 1.807) is 25.1 Å². The van der Waals surface area contributed by atoms with Crippen molar-refractivity contribution in [2.75, 3.05) is 26.4 Å². The zero-order chi connectivity index (χ0) is 20.3. The Labute approximate surface area is 168 Å². The van der Waals surface area contributed by atoms with Crippen molar-refractivity contribution >= 4 is 28.4 Å². The Balaban J connectivity index is 1.75. The van der Waals surface area contributed by atoms with Crippen LogP contribution in [0.2, 0.25) is 0 Å². The molecule has 3 aromatic rings. The molecule has 2 aliphatic rings. The molecule has 0 spiro atoms. The standard InChI is InChI=1S/C22H22N4O3/c1-25-11-19(27)26-17(22(25)28)10-14-13-5-3-4-6-16(13)24-20(14)21(26)12-7-8-18(29-2)15(23)9-12/h3-9,17,21,24H,10-11,23H2,1-2H3/t17-,21-/m1/s1. The van der Waals surface area contributed by atoms with Crippen molar-refractivity contribution in [2.45, 2.75) is 18.5 Å². The van der Waals surface area contributed by atoms with E-state index in [1.807, 2.05) is 30.3 Å². The molecule has 148 valence electrons. The SMILES string of the molecule is COc1ccc([C@@H]2c3[nH]c4ccccc4c3C[C@@H]3C(=O)N(C)CC(=O)N23)cc1N. The van der Waals surface area contributed by atoms with Gasteiger partial charge in [0.05, 0.1) is 25.4 Å². The number of piperazine rings is 1. The molecular formula is C22H22N4O3. The number of H-pyrrole nitrogens is 1. The second kappa shape index (κ2) is 6.27. The Bertz CT molecular complexity index is 1150. The molecule has 0 saturated carbocycles. The number of methoxy groups -OCH3 is 1. The number of likely N-dealkylation sites (N-methyl/N-ethyl adjacent to an activating group) is 1. The van der Waals surface area contributed by atoms with Crippen molar-refractivity contribution < 1.29 is 14.3 Å². The van der Waals surface area contributed by atoms with Gasteiger partial charge in [0.15, 0.2) is 0 Å². The summed E-state index contributed by atoms with van der Waals surface area (Å²) in [6.45, 7) is 0.0764. The van der Waals surface area contributed by atoms with Gasteiger partial charge in [-0.1, -0.05) is 24.3 Å². The summed E-state index contributed by atoms with van der Waals surface area (Å²) in [4.78, 5) is 32.8. The number of amides is 2. The summed E-state index contributed by atoms with van der Waals surface area (Å²) in [5.74, 6) is 0.478. The number of benzene rings is 2. The van der Waals surface area contributed by atoms with Gasteiger partial charge in [-0.3, -0.25) is 9.59 Å². The highest BCUT2D eigenvalue weighted by molar-refractivity contribution is 5.97. The molecule has 29 heavy (non-hydrogen) atoms. The van der Waals surface area contributed by atoms with Gasteiger partial charge < -0.3 is 25.3 Å². The number of nitrogens with zero attached hydrogens (tertiary/aromatic N) is 2. The van der Waals surface area contributed by atoms with Crippen molar-refractivity contribution in [2.24, 2.45) is 0 Å². The number of hydrogen-bond acceptors (Lipinski definition) is 4. The van der Waals surface area contributed by atoms with Crippen LogP contribution in [0.15, 0.2) is 42.5 Å². The number of nitrogens with two attached hydrogens (primary N) is 1. The van der Waals surface area contributed by atoms with E-state index in [0.717, 1.165) is 27.7 Å². The van der Waals surface area contributed by atoms with Crippen molar-refractivity contribution in [1.82, 2.24) is 14.8 Å². The highest BCUT2D eigenvalue weighted by atomic mass is 16.5.